The molecule has 0 spiro atoms. The number of amides is 2. The predicted molar refractivity (Wildman–Crippen MR) is 145 cm³/mol. The molecular weight excluding hydrogens is 507 g/mol. The van der Waals surface area contributed by atoms with Crippen molar-refractivity contribution in [1.29, 1.82) is 0 Å². The Bertz CT molecular complexity index is 1480. The van der Waals surface area contributed by atoms with Gasteiger partial charge in [0, 0.05) is 29.2 Å². The molecule has 1 fully saturated rings. The van der Waals surface area contributed by atoms with Crippen LogP contribution in [-0.4, -0.2) is 47.6 Å². The zero-order valence-corrected chi connectivity index (χ0v) is 21.4. The molecule has 2 amide bonds. The molecule has 2 aromatic heterocycles. The maximum Gasteiger partial charge on any atom is 0.325 e. The monoisotopic (exact) mass is 532 g/mol. The second-order valence-corrected chi connectivity index (χ2v) is 9.87. The van der Waals surface area contributed by atoms with Gasteiger partial charge < -0.3 is 19.7 Å². The Labute approximate surface area is 223 Å². The maximum atomic E-state index is 14.7. The highest BCUT2D eigenvalue weighted by atomic mass is 32.1. The highest BCUT2D eigenvalue weighted by Gasteiger charge is 2.19. The van der Waals surface area contributed by atoms with Gasteiger partial charge in [0.1, 0.15) is 23.1 Å². The van der Waals surface area contributed by atoms with Gasteiger partial charge in [0.25, 0.3) is 0 Å². The average Bonchev–Trinajstić information content (AvgIpc) is 3.42. The first-order valence-electron chi connectivity index (χ1n) is 12.0. The number of pyridine rings is 1. The van der Waals surface area contributed by atoms with Crippen LogP contribution in [0.15, 0.2) is 54.2 Å². The number of carbonyl (C=O) groups excluding carboxylic acids is 1. The molecule has 0 aliphatic carbocycles. The molecule has 1 aliphatic heterocycles. The molecule has 38 heavy (non-hydrogen) atoms. The summed E-state index contributed by atoms with van der Waals surface area (Å²) in [5.74, 6) is 0.931. The zero-order chi connectivity index (χ0) is 26.5. The average molecular weight is 533 g/mol. The van der Waals surface area contributed by atoms with E-state index in [0.29, 0.717) is 45.7 Å². The highest BCUT2D eigenvalue weighted by Crippen LogP contribution is 2.38. The molecule has 194 valence electrons. The third kappa shape index (κ3) is 5.99. The van der Waals surface area contributed by atoms with Crippen molar-refractivity contribution in [3.05, 3.63) is 71.4 Å². The molecule has 1 saturated heterocycles. The Kier molecular flexibility index (Phi) is 7.62. The molecule has 2 N–H and O–H groups in total. The maximum absolute atomic E-state index is 14.7. The number of thiazole rings is 1. The van der Waals surface area contributed by atoms with Gasteiger partial charge in [-0.15, -0.1) is 11.3 Å². The van der Waals surface area contributed by atoms with Crippen LogP contribution >= 0.6 is 11.3 Å². The standard InChI is InChI=1S/C27H25FN6O3S/c1-29-23-14-19-22(15-25(23)36-16-17-6-10-34(2)11-7-17)30-8-5-24(19)37-18-3-4-21(20(28)13-18)32-26(35)33-27-31-9-12-38-27/h3-5,8-9,12-15,17H,6-7,10-11,16H2,2H3,(H2,31,32,33,35). The number of aromatic nitrogens is 2. The van der Waals surface area contributed by atoms with Crippen LogP contribution < -0.4 is 20.1 Å². The Hall–Kier alpha value is -4.27. The molecule has 1 aliphatic rings. The number of urea groups is 1. The summed E-state index contributed by atoms with van der Waals surface area (Å²) in [4.78, 5) is 26.4. The lowest BCUT2D eigenvalue weighted by Crippen LogP contribution is -2.32. The van der Waals surface area contributed by atoms with Crippen molar-refractivity contribution >= 4 is 44.8 Å². The number of benzene rings is 2. The Balaban J connectivity index is 1.30. The number of carbonyl (C=O) groups is 1. The number of hydrogen-bond acceptors (Lipinski definition) is 7. The third-order valence-corrected chi connectivity index (χ3v) is 6.97. The minimum absolute atomic E-state index is 0.00677. The minimum atomic E-state index is -0.665. The van der Waals surface area contributed by atoms with Gasteiger partial charge in [0.2, 0.25) is 5.69 Å². The summed E-state index contributed by atoms with van der Waals surface area (Å²) >= 11 is 1.25. The fourth-order valence-electron chi connectivity index (χ4n) is 4.19. The number of nitrogens with zero attached hydrogens (tertiary/aromatic N) is 4. The van der Waals surface area contributed by atoms with E-state index in [1.54, 1.807) is 42.0 Å². The van der Waals surface area contributed by atoms with Crippen LogP contribution in [0.1, 0.15) is 12.8 Å². The fraction of sp³-hybridized carbons (Fsp3) is 0.259. The van der Waals surface area contributed by atoms with Gasteiger partial charge in [-0.25, -0.2) is 19.0 Å². The van der Waals surface area contributed by atoms with Crippen molar-refractivity contribution in [2.75, 3.05) is 37.4 Å². The van der Waals surface area contributed by atoms with E-state index in [1.165, 1.54) is 23.5 Å². The predicted octanol–water partition coefficient (Wildman–Crippen LogP) is 6.54. The molecule has 9 nitrogen and oxygen atoms in total. The van der Waals surface area contributed by atoms with E-state index in [0.717, 1.165) is 25.9 Å². The van der Waals surface area contributed by atoms with Gasteiger partial charge in [-0.1, -0.05) is 0 Å². The van der Waals surface area contributed by atoms with E-state index in [9.17, 15) is 9.18 Å². The van der Waals surface area contributed by atoms with Crippen LogP contribution in [0.5, 0.6) is 17.2 Å². The quantitative estimate of drug-likeness (QED) is 0.263. The summed E-state index contributed by atoms with van der Waals surface area (Å²) in [6.07, 6.45) is 5.27. The molecule has 11 heteroatoms. The molecule has 0 atom stereocenters. The van der Waals surface area contributed by atoms with E-state index in [2.05, 4.69) is 37.4 Å². The van der Waals surface area contributed by atoms with Crippen molar-refractivity contribution in [2.45, 2.75) is 12.8 Å². The van der Waals surface area contributed by atoms with Crippen LogP contribution in [-0.2, 0) is 0 Å². The lowest BCUT2D eigenvalue weighted by atomic mass is 9.98. The van der Waals surface area contributed by atoms with Crippen LogP contribution in [0.2, 0.25) is 0 Å². The smallest absolute Gasteiger partial charge is 0.325 e. The van der Waals surface area contributed by atoms with E-state index in [-0.39, 0.29) is 11.4 Å². The summed E-state index contributed by atoms with van der Waals surface area (Å²) in [6, 6.07) is 8.62. The van der Waals surface area contributed by atoms with E-state index in [4.69, 9.17) is 16.0 Å². The first kappa shape index (κ1) is 25.4. The number of likely N-dealkylation sites (tertiary alicyclic amines) is 1. The van der Waals surface area contributed by atoms with Gasteiger partial charge in [0.15, 0.2) is 5.13 Å². The lowest BCUT2D eigenvalue weighted by Gasteiger charge is -2.28. The molecule has 0 radical (unpaired) electrons. The molecule has 3 heterocycles. The number of rotatable bonds is 7. The number of nitrogens with one attached hydrogen (secondary N) is 2. The summed E-state index contributed by atoms with van der Waals surface area (Å²) in [5, 5.41) is 7.72. The lowest BCUT2D eigenvalue weighted by molar-refractivity contribution is 0.160. The van der Waals surface area contributed by atoms with Gasteiger partial charge in [0.05, 0.1) is 24.4 Å². The molecule has 0 unspecified atom stereocenters. The van der Waals surface area contributed by atoms with E-state index < -0.39 is 11.8 Å². The summed E-state index contributed by atoms with van der Waals surface area (Å²) < 4.78 is 26.7. The Morgan fingerprint density at radius 3 is 2.74 bits per heavy atom. The van der Waals surface area contributed by atoms with Crippen molar-refractivity contribution < 1.29 is 18.7 Å². The Morgan fingerprint density at radius 1 is 1.16 bits per heavy atom. The zero-order valence-electron chi connectivity index (χ0n) is 20.6. The van der Waals surface area contributed by atoms with Crippen molar-refractivity contribution in [2.24, 2.45) is 5.92 Å². The number of piperidine rings is 1. The second kappa shape index (κ2) is 11.4. The minimum Gasteiger partial charge on any atom is -0.504 e. The summed E-state index contributed by atoms with van der Waals surface area (Å²) in [6.45, 7) is 10.3. The molecule has 4 aromatic rings. The number of anilines is 2. The molecular formula is C27H25FN6O3S. The van der Waals surface area contributed by atoms with Crippen LogP contribution in [0.3, 0.4) is 0 Å². The van der Waals surface area contributed by atoms with Gasteiger partial charge in [-0.05, 0) is 69.2 Å². The number of ether oxygens (including phenoxy) is 2. The number of fused-ring (bicyclic) bond motifs is 1. The number of halogens is 1. The molecule has 0 bridgehead atoms. The normalized spacial score (nSPS) is 14.1. The van der Waals surface area contributed by atoms with Crippen molar-refractivity contribution in [3.8, 4) is 17.2 Å². The van der Waals surface area contributed by atoms with Gasteiger partial charge >= 0.3 is 6.03 Å². The van der Waals surface area contributed by atoms with Gasteiger partial charge in [-0.2, -0.15) is 0 Å². The van der Waals surface area contributed by atoms with Crippen LogP contribution in [0, 0.1) is 18.3 Å². The third-order valence-electron chi connectivity index (χ3n) is 6.28. The topological polar surface area (TPSA) is 93.0 Å². The summed E-state index contributed by atoms with van der Waals surface area (Å²) in [5.41, 5.74) is 0.957. The SMILES string of the molecule is [C-]#[N+]c1cc2c(Oc3ccc(NC(=O)Nc4nccs4)c(F)c3)ccnc2cc1OCC1CCN(C)CC1. The molecule has 2 aromatic carbocycles. The molecule has 0 saturated carbocycles. The molecule has 5 rings (SSSR count). The van der Waals surface area contributed by atoms with Crippen molar-refractivity contribution in [1.82, 2.24) is 14.9 Å². The first-order chi connectivity index (χ1) is 18.5. The van der Waals surface area contributed by atoms with E-state index >= 15 is 0 Å². The fourth-order valence-corrected chi connectivity index (χ4v) is 4.71. The largest absolute Gasteiger partial charge is 0.504 e. The highest BCUT2D eigenvalue weighted by molar-refractivity contribution is 7.13. The van der Waals surface area contributed by atoms with Gasteiger partial charge in [-0.3, -0.25) is 10.3 Å². The second-order valence-electron chi connectivity index (χ2n) is 8.98. The Morgan fingerprint density at radius 2 is 2.00 bits per heavy atom. The first-order valence-corrected chi connectivity index (χ1v) is 12.9. The van der Waals surface area contributed by atoms with Crippen LogP contribution in [0.25, 0.3) is 15.7 Å². The number of hydrogen-bond donors (Lipinski definition) is 2. The van der Waals surface area contributed by atoms with E-state index in [1.807, 2.05) is 0 Å². The summed E-state index contributed by atoms with van der Waals surface area (Å²) in [7, 11) is 2.12. The van der Waals surface area contributed by atoms with Crippen molar-refractivity contribution in [3.63, 3.8) is 0 Å². The van der Waals surface area contributed by atoms with Crippen LogP contribution in [0.4, 0.5) is 25.7 Å².